The molecule has 2 saturated heterocycles. The third-order valence-corrected chi connectivity index (χ3v) is 7.28. The van der Waals surface area contributed by atoms with Crippen molar-refractivity contribution in [3.63, 3.8) is 0 Å². The van der Waals surface area contributed by atoms with Gasteiger partial charge in [-0.1, -0.05) is 0 Å². The molecule has 1 aromatic heterocycles. The Morgan fingerprint density at radius 1 is 0.925 bits per heavy atom. The minimum Gasteiger partial charge on any atom is -0.369 e. The number of benzene rings is 1. The number of carbonyl (C=O) groups excluding carboxylic acids is 1. The van der Waals surface area contributed by atoms with Crippen molar-refractivity contribution in [2.24, 2.45) is 0 Å². The summed E-state index contributed by atoms with van der Waals surface area (Å²) in [6.07, 6.45) is -6.86. The zero-order chi connectivity index (χ0) is 28.9. The first kappa shape index (κ1) is 29.5. The van der Waals surface area contributed by atoms with Gasteiger partial charge in [-0.3, -0.25) is 9.69 Å². The molecule has 0 unspecified atom stereocenters. The summed E-state index contributed by atoms with van der Waals surface area (Å²) in [5.41, 5.74) is -1.65. The van der Waals surface area contributed by atoms with Crippen LogP contribution in [0.1, 0.15) is 42.5 Å². The molecular weight excluding hydrogens is 538 g/mol. The number of nitrogens with zero attached hydrogens (tertiary/aromatic N) is 5. The van der Waals surface area contributed by atoms with Crippen LogP contribution in [0.3, 0.4) is 0 Å². The van der Waals surface area contributed by atoms with Gasteiger partial charge < -0.3 is 15.1 Å². The van der Waals surface area contributed by atoms with E-state index < -0.39 is 29.2 Å². The summed E-state index contributed by atoms with van der Waals surface area (Å²) in [5, 5.41) is 11.9. The van der Waals surface area contributed by atoms with Crippen LogP contribution in [0.25, 0.3) is 0 Å². The third-order valence-electron chi connectivity index (χ3n) is 7.28. The molecule has 40 heavy (non-hydrogen) atoms. The highest BCUT2D eigenvalue weighted by Gasteiger charge is 2.36. The molecule has 0 saturated carbocycles. The number of aromatic nitrogens is 1. The van der Waals surface area contributed by atoms with E-state index in [4.69, 9.17) is 5.26 Å². The smallest absolute Gasteiger partial charge is 0.369 e. The molecule has 1 amide bonds. The number of pyridine rings is 1. The van der Waals surface area contributed by atoms with E-state index in [1.54, 1.807) is 4.90 Å². The number of nitrogens with one attached hydrogen (secondary N) is 1. The molecule has 3 heterocycles. The van der Waals surface area contributed by atoms with Crippen molar-refractivity contribution in [1.82, 2.24) is 14.8 Å². The molecule has 216 valence electrons. The third kappa shape index (κ3) is 7.56. The highest BCUT2D eigenvalue weighted by Crippen LogP contribution is 2.32. The second-order valence-electron chi connectivity index (χ2n) is 9.98. The molecular formula is C27H30F6N6O. The highest BCUT2D eigenvalue weighted by molar-refractivity contribution is 5.76. The number of carbonyl (C=O) groups is 1. The quantitative estimate of drug-likeness (QED) is 0.475. The van der Waals surface area contributed by atoms with Crippen LogP contribution in [0.2, 0.25) is 0 Å². The molecule has 0 aliphatic carbocycles. The van der Waals surface area contributed by atoms with Crippen LogP contribution >= 0.6 is 0 Å². The van der Waals surface area contributed by atoms with Gasteiger partial charge in [0.1, 0.15) is 11.9 Å². The molecule has 13 heteroatoms. The maximum absolute atomic E-state index is 13.2. The standard InChI is InChI=1S/C27H30F6N6O/c28-26(29,30)20-4-6-22(7-5-20)38-16-14-37(15-17-38)11-1-2-24(40)39-12-9-21(10-13-39)35-23-8-3-19(18-34)25(36-23)27(31,32)33/h3-8,21H,1-2,9-17H2,(H,35,36). The topological polar surface area (TPSA) is 75.5 Å². The fourth-order valence-corrected chi connectivity index (χ4v) is 5.03. The van der Waals surface area contributed by atoms with E-state index in [1.807, 2.05) is 0 Å². The molecule has 0 radical (unpaired) electrons. The first-order chi connectivity index (χ1) is 18.9. The van der Waals surface area contributed by atoms with Crippen molar-refractivity contribution in [1.29, 1.82) is 5.26 Å². The number of hydrogen-bond acceptors (Lipinski definition) is 6. The number of piperazine rings is 1. The summed E-state index contributed by atoms with van der Waals surface area (Å²) in [5.74, 6) is 0.0900. The maximum atomic E-state index is 13.2. The summed E-state index contributed by atoms with van der Waals surface area (Å²) in [6, 6.07) is 9.02. The Bertz CT molecular complexity index is 1190. The van der Waals surface area contributed by atoms with Gasteiger partial charge in [0.25, 0.3) is 0 Å². The number of piperidine rings is 1. The van der Waals surface area contributed by atoms with Crippen molar-refractivity contribution < 1.29 is 31.1 Å². The Labute approximate surface area is 228 Å². The lowest BCUT2D eigenvalue weighted by molar-refractivity contribution is -0.141. The molecule has 0 spiro atoms. The Morgan fingerprint density at radius 3 is 2.15 bits per heavy atom. The summed E-state index contributed by atoms with van der Waals surface area (Å²) in [7, 11) is 0. The molecule has 0 bridgehead atoms. The van der Waals surface area contributed by atoms with Crippen LogP contribution < -0.4 is 10.2 Å². The normalized spacial score (nSPS) is 17.5. The molecule has 7 nitrogen and oxygen atoms in total. The number of hydrogen-bond donors (Lipinski definition) is 1. The summed E-state index contributed by atoms with van der Waals surface area (Å²) in [6.45, 7) is 4.63. The van der Waals surface area contributed by atoms with Gasteiger partial charge in [-0.2, -0.15) is 31.6 Å². The van der Waals surface area contributed by atoms with Crippen LogP contribution in [-0.4, -0.2) is 72.5 Å². The van der Waals surface area contributed by atoms with Crippen molar-refractivity contribution in [2.75, 3.05) is 56.0 Å². The minimum absolute atomic E-state index is 0.0395. The predicted molar refractivity (Wildman–Crippen MR) is 137 cm³/mol. The number of nitriles is 1. The van der Waals surface area contributed by atoms with Gasteiger partial charge in [-0.25, -0.2) is 4.98 Å². The number of amides is 1. The lowest BCUT2D eigenvalue weighted by Crippen LogP contribution is -2.47. The first-order valence-corrected chi connectivity index (χ1v) is 13.1. The SMILES string of the molecule is N#Cc1ccc(NC2CCN(C(=O)CCCN3CCN(c4ccc(C(F)(F)F)cc4)CC3)CC2)nc1C(F)(F)F. The highest BCUT2D eigenvalue weighted by atomic mass is 19.4. The monoisotopic (exact) mass is 568 g/mol. The van der Waals surface area contributed by atoms with Crippen molar-refractivity contribution >= 4 is 17.4 Å². The maximum Gasteiger partial charge on any atom is 0.434 e. The van der Waals surface area contributed by atoms with E-state index in [2.05, 4.69) is 20.1 Å². The van der Waals surface area contributed by atoms with E-state index in [0.29, 0.717) is 51.9 Å². The van der Waals surface area contributed by atoms with Gasteiger partial charge in [-0.05, 0) is 62.2 Å². The number of halogens is 6. The summed E-state index contributed by atoms with van der Waals surface area (Å²) < 4.78 is 77.8. The van der Waals surface area contributed by atoms with E-state index in [9.17, 15) is 31.1 Å². The van der Waals surface area contributed by atoms with Gasteiger partial charge in [0.2, 0.25) is 5.91 Å². The molecule has 2 aliphatic heterocycles. The second kappa shape index (κ2) is 12.3. The molecule has 4 rings (SSSR count). The van der Waals surface area contributed by atoms with E-state index in [0.717, 1.165) is 43.5 Å². The lowest BCUT2D eigenvalue weighted by atomic mass is 10.0. The predicted octanol–water partition coefficient (Wildman–Crippen LogP) is 5.00. The average Bonchev–Trinajstić information content (AvgIpc) is 2.93. The van der Waals surface area contributed by atoms with E-state index in [1.165, 1.54) is 24.3 Å². The van der Waals surface area contributed by atoms with Crippen LogP contribution in [0.15, 0.2) is 36.4 Å². The second-order valence-corrected chi connectivity index (χ2v) is 9.98. The molecule has 1 N–H and O–H groups in total. The van der Waals surface area contributed by atoms with Crippen molar-refractivity contribution in [2.45, 2.75) is 44.1 Å². The largest absolute Gasteiger partial charge is 0.434 e. The number of anilines is 2. The summed E-state index contributed by atoms with van der Waals surface area (Å²) in [4.78, 5) is 22.4. The molecule has 0 atom stereocenters. The molecule has 1 aromatic carbocycles. The fourth-order valence-electron chi connectivity index (χ4n) is 5.03. The van der Waals surface area contributed by atoms with E-state index >= 15 is 0 Å². The lowest BCUT2D eigenvalue weighted by Gasteiger charge is -2.36. The van der Waals surface area contributed by atoms with Crippen molar-refractivity contribution in [3.05, 3.63) is 53.2 Å². The van der Waals surface area contributed by atoms with Crippen molar-refractivity contribution in [3.8, 4) is 6.07 Å². The van der Waals surface area contributed by atoms with Gasteiger partial charge >= 0.3 is 12.4 Å². The Morgan fingerprint density at radius 2 is 1.57 bits per heavy atom. The molecule has 2 aliphatic rings. The average molecular weight is 569 g/mol. The number of alkyl halides is 6. The molecule has 2 aromatic rings. The van der Waals surface area contributed by atoms with Gasteiger partial charge in [0, 0.05) is 57.4 Å². The zero-order valence-corrected chi connectivity index (χ0v) is 21.7. The Kier molecular flexibility index (Phi) is 9.08. The van der Waals surface area contributed by atoms with Crippen LogP contribution in [0.5, 0.6) is 0 Å². The van der Waals surface area contributed by atoms with Crippen LogP contribution in [0.4, 0.5) is 37.8 Å². The first-order valence-electron chi connectivity index (χ1n) is 13.1. The molecule has 2 fully saturated rings. The van der Waals surface area contributed by atoms with Gasteiger partial charge in [0.05, 0.1) is 11.1 Å². The minimum atomic E-state index is -4.72. The summed E-state index contributed by atoms with van der Waals surface area (Å²) >= 11 is 0. The zero-order valence-electron chi connectivity index (χ0n) is 21.7. The fraction of sp³-hybridized carbons (Fsp3) is 0.519. The van der Waals surface area contributed by atoms with Gasteiger partial charge in [0.15, 0.2) is 5.69 Å². The van der Waals surface area contributed by atoms with E-state index in [-0.39, 0.29) is 17.8 Å². The Balaban J connectivity index is 1.15. The van der Waals surface area contributed by atoms with Crippen LogP contribution in [0, 0.1) is 11.3 Å². The van der Waals surface area contributed by atoms with Gasteiger partial charge in [-0.15, -0.1) is 0 Å². The number of likely N-dealkylation sites (tertiary alicyclic amines) is 1. The van der Waals surface area contributed by atoms with Crippen LogP contribution in [-0.2, 0) is 17.1 Å². The number of rotatable bonds is 7. The Hall–Kier alpha value is -3.53.